The van der Waals surface area contributed by atoms with E-state index in [9.17, 15) is 36.1 Å². The number of carbonyl (C=O) groups excluding carboxylic acids is 1. The van der Waals surface area contributed by atoms with Crippen LogP contribution in [0.15, 0.2) is 12.2 Å². The van der Waals surface area contributed by atoms with Crippen molar-refractivity contribution < 1.29 is 55.3 Å². The van der Waals surface area contributed by atoms with Gasteiger partial charge in [0.2, 0.25) is 0 Å². The quantitative estimate of drug-likeness (QED) is 0.439. The van der Waals surface area contributed by atoms with Crippen LogP contribution in [0.2, 0.25) is 0 Å². The van der Waals surface area contributed by atoms with Crippen LogP contribution < -0.4 is 0 Å². The summed E-state index contributed by atoms with van der Waals surface area (Å²) in [6.45, 7) is 0. The van der Waals surface area contributed by atoms with Gasteiger partial charge in [0.1, 0.15) is 0 Å². The number of carbonyl (C=O) groups is 2. The molecule has 0 saturated carbocycles. The second-order valence-corrected chi connectivity index (χ2v) is 2.62. The molecule has 6 nitrogen and oxygen atoms in total. The minimum atomic E-state index is -6.20. The summed E-state index contributed by atoms with van der Waals surface area (Å²) in [4.78, 5) is 23.0. The van der Waals surface area contributed by atoms with Gasteiger partial charge in [-0.05, 0) is 0 Å². The standard InChI is InChI=1S/C6H3BF6O6.Li.H/c8-5(9,10)6(11,12)18-7(19-13)17-4(16)2-1-3(14)15;;/h1-2H,(H,14,15);;/b2-1-;;. The van der Waals surface area contributed by atoms with Gasteiger partial charge in [0.05, 0.1) is 0 Å². The SMILES string of the molecule is O=C(O)/C=C\C(=O)OB(OF)OC(F)(F)C(F)(F)F.[LiH]. The zero-order valence-electron chi connectivity index (χ0n) is 8.49. The van der Waals surface area contributed by atoms with Crippen molar-refractivity contribution in [2.24, 2.45) is 0 Å². The molecule has 0 unspecified atom stereocenters. The summed E-state index contributed by atoms with van der Waals surface area (Å²) < 4.78 is 77.2. The van der Waals surface area contributed by atoms with Crippen LogP contribution in [-0.4, -0.2) is 55.5 Å². The predicted molar refractivity (Wildman–Crippen MR) is 50.1 cm³/mol. The van der Waals surface area contributed by atoms with Gasteiger partial charge < -0.3 is 14.4 Å². The molecule has 0 atom stereocenters. The maximum atomic E-state index is 12.2. The number of hydrogen-bond acceptors (Lipinski definition) is 5. The minimum absolute atomic E-state index is 0. The van der Waals surface area contributed by atoms with Crippen LogP contribution in [-0.2, 0) is 23.8 Å². The second kappa shape index (κ2) is 8.20. The summed E-state index contributed by atoms with van der Waals surface area (Å²) >= 11 is 0. The summed E-state index contributed by atoms with van der Waals surface area (Å²) in [5.74, 6) is -3.45. The Morgan fingerprint density at radius 1 is 1.10 bits per heavy atom. The first-order valence-electron chi connectivity index (χ1n) is 4.01. The Morgan fingerprint density at radius 3 is 1.95 bits per heavy atom. The van der Waals surface area contributed by atoms with E-state index in [1.165, 1.54) is 0 Å². The van der Waals surface area contributed by atoms with Crippen molar-refractivity contribution in [2.45, 2.75) is 12.3 Å². The van der Waals surface area contributed by atoms with Crippen LogP contribution in [0.3, 0.4) is 0 Å². The zero-order valence-corrected chi connectivity index (χ0v) is 8.49. The van der Waals surface area contributed by atoms with Gasteiger partial charge in [0.15, 0.2) is 0 Å². The van der Waals surface area contributed by atoms with Crippen LogP contribution >= 0.6 is 0 Å². The molecule has 0 aromatic heterocycles. The molecule has 0 aliphatic heterocycles. The molecule has 0 aliphatic carbocycles. The van der Waals surface area contributed by atoms with Gasteiger partial charge in [-0.15, -0.1) is 0 Å². The fourth-order valence-corrected chi connectivity index (χ4v) is 0.522. The molecule has 110 valence electrons. The van der Waals surface area contributed by atoms with Gasteiger partial charge >= 0.3 is 50.4 Å². The van der Waals surface area contributed by atoms with Gasteiger partial charge in [0, 0.05) is 12.2 Å². The monoisotopic (exact) mass is 304 g/mol. The average Bonchev–Trinajstić information content (AvgIpc) is 2.23. The number of halogens is 6. The van der Waals surface area contributed by atoms with Crippen molar-refractivity contribution in [2.75, 3.05) is 0 Å². The van der Waals surface area contributed by atoms with Gasteiger partial charge in [-0.3, -0.25) is 0 Å². The molecule has 0 spiro atoms. The summed E-state index contributed by atoms with van der Waals surface area (Å²) in [6.07, 6.45) is -11.8. The molecule has 14 heteroatoms. The number of alkyl halides is 5. The van der Waals surface area contributed by atoms with Gasteiger partial charge in [0.25, 0.3) is 0 Å². The first-order valence-corrected chi connectivity index (χ1v) is 4.01. The van der Waals surface area contributed by atoms with E-state index in [0.717, 1.165) is 0 Å². The molecule has 0 bridgehead atoms. The van der Waals surface area contributed by atoms with E-state index >= 15 is 0 Å². The van der Waals surface area contributed by atoms with Crippen LogP contribution in [0, 0.1) is 0 Å². The molecule has 1 N–H and O–H groups in total. The third-order valence-electron chi connectivity index (χ3n) is 1.22. The Morgan fingerprint density at radius 2 is 1.60 bits per heavy atom. The summed E-state index contributed by atoms with van der Waals surface area (Å²) in [5.41, 5.74) is 0. The van der Waals surface area contributed by atoms with E-state index in [4.69, 9.17) is 5.11 Å². The molecule has 0 rings (SSSR count). The molecule has 0 aromatic carbocycles. The fourth-order valence-electron chi connectivity index (χ4n) is 0.522. The van der Waals surface area contributed by atoms with E-state index < -0.39 is 31.5 Å². The number of carboxylic acid groups (broad SMARTS) is 1. The van der Waals surface area contributed by atoms with Crippen molar-refractivity contribution in [3.8, 4) is 0 Å². The third-order valence-corrected chi connectivity index (χ3v) is 1.22. The molecule has 0 aromatic rings. The van der Waals surface area contributed by atoms with Crippen LogP contribution in [0.5, 0.6) is 0 Å². The first kappa shape index (κ1) is 21.1. The topological polar surface area (TPSA) is 82.1 Å². The predicted octanol–water partition coefficient (Wildman–Crippen LogP) is 0.580. The Balaban J connectivity index is 0. The summed E-state index contributed by atoms with van der Waals surface area (Å²) in [6, 6.07) is 0. The number of carboxylic acids is 1. The van der Waals surface area contributed by atoms with E-state index in [1.807, 2.05) is 0 Å². The molecule has 0 heterocycles. The number of aliphatic carboxylic acids is 1. The van der Waals surface area contributed by atoms with Crippen molar-refractivity contribution >= 4 is 38.1 Å². The second-order valence-electron chi connectivity index (χ2n) is 2.62. The molecule has 0 amide bonds. The number of hydrogen-bond donors (Lipinski definition) is 1. The van der Waals surface area contributed by atoms with Crippen molar-refractivity contribution in [3.63, 3.8) is 0 Å². The molecule has 0 aliphatic rings. The van der Waals surface area contributed by atoms with Gasteiger partial charge in [-0.2, -0.15) is 26.8 Å². The normalized spacial score (nSPS) is 11.9. The molecule has 20 heavy (non-hydrogen) atoms. The van der Waals surface area contributed by atoms with E-state index in [1.54, 1.807) is 0 Å². The molecular weight excluding hydrogens is 300 g/mol. The van der Waals surface area contributed by atoms with E-state index in [2.05, 4.69) is 14.2 Å². The van der Waals surface area contributed by atoms with Gasteiger partial charge in [-0.25, -0.2) is 9.59 Å². The van der Waals surface area contributed by atoms with Crippen LogP contribution in [0.25, 0.3) is 0 Å². The summed E-state index contributed by atoms with van der Waals surface area (Å²) in [5, 5.41) is 8.05. The maximum absolute atomic E-state index is 12.2. The van der Waals surface area contributed by atoms with Crippen molar-refractivity contribution in [1.82, 2.24) is 0 Å². The third kappa shape index (κ3) is 7.44. The Kier molecular flexibility index (Phi) is 8.67. The van der Waals surface area contributed by atoms with Crippen molar-refractivity contribution in [1.29, 1.82) is 0 Å². The molecule has 0 fully saturated rings. The first-order chi connectivity index (χ1) is 8.49. The van der Waals surface area contributed by atoms with Gasteiger partial charge in [-0.1, -0.05) is 4.53 Å². The van der Waals surface area contributed by atoms with Crippen LogP contribution in [0.4, 0.5) is 26.5 Å². The Bertz CT molecular complexity index is 373. The van der Waals surface area contributed by atoms with Crippen molar-refractivity contribution in [3.05, 3.63) is 12.2 Å². The molecule has 0 saturated heterocycles. The Labute approximate surface area is 118 Å². The average molecular weight is 304 g/mol. The summed E-state index contributed by atoms with van der Waals surface area (Å²) in [7, 11) is -3.33. The fraction of sp³-hybridized carbons (Fsp3) is 0.333. The van der Waals surface area contributed by atoms with E-state index in [-0.39, 0.29) is 31.0 Å². The zero-order chi connectivity index (χ0) is 15.3. The molecular formula is C6H4BF6LiO6. The number of rotatable bonds is 6. The van der Waals surface area contributed by atoms with Crippen LogP contribution in [0.1, 0.15) is 0 Å². The molecule has 0 radical (unpaired) electrons. The Hall–Kier alpha value is -1.16. The van der Waals surface area contributed by atoms with E-state index in [0.29, 0.717) is 0 Å².